The molecule has 0 aliphatic carbocycles. The Morgan fingerprint density at radius 1 is 0.294 bits per heavy atom. The van der Waals surface area contributed by atoms with E-state index in [2.05, 4.69) is 0 Å². The van der Waals surface area contributed by atoms with Gasteiger partial charge >= 0.3 is 5.97 Å². The summed E-state index contributed by atoms with van der Waals surface area (Å²) in [5.74, 6) is 2.64. The van der Waals surface area contributed by atoms with Gasteiger partial charge in [0.05, 0.1) is 0 Å². The fourth-order valence-electron chi connectivity index (χ4n) is 6.79. The maximum absolute atomic E-state index is 14.8. The molecule has 0 amide bonds. The summed E-state index contributed by atoms with van der Waals surface area (Å²) in [6, 6.07) is 11.0. The predicted octanol–water partition coefficient (Wildman–Crippen LogP) is 16.0. The average Bonchev–Trinajstić information content (AvgIpc) is 2.96. The first-order chi connectivity index (χ1) is 30.0. The van der Waals surface area contributed by atoms with Crippen molar-refractivity contribution in [3.8, 4) is 51.7 Å². The van der Waals surface area contributed by atoms with E-state index < -0.39 is 66.7 Å². The molecule has 0 aliphatic rings. The van der Waals surface area contributed by atoms with Crippen LogP contribution < -0.4 is 42.6 Å². The van der Waals surface area contributed by atoms with E-state index in [4.69, 9.17) is 46.8 Å². The van der Waals surface area contributed by atoms with E-state index in [-0.39, 0.29) is 0 Å². The monoisotopic (exact) mass is 971 g/mol. The van der Waals surface area contributed by atoms with Crippen molar-refractivity contribution in [2.75, 3.05) is 0 Å². The van der Waals surface area contributed by atoms with Gasteiger partial charge in [0.25, 0.3) is 0 Å². The van der Waals surface area contributed by atoms with Crippen molar-refractivity contribution in [1.82, 2.24) is 0 Å². The van der Waals surface area contributed by atoms with Crippen LogP contribution in [-0.2, 0) is 8.98 Å². The van der Waals surface area contributed by atoms with Gasteiger partial charge in [-0.1, -0.05) is 0 Å². The smallest absolute Gasteiger partial charge is 0.313 e. The van der Waals surface area contributed by atoms with E-state index in [1.54, 1.807) is 0 Å². The van der Waals surface area contributed by atoms with Gasteiger partial charge in [0, 0.05) is 53.6 Å². The lowest BCUT2D eigenvalue weighted by molar-refractivity contribution is -0.131. The van der Waals surface area contributed by atoms with Crippen LogP contribution in [-0.4, -0.2) is 56.4 Å². The molecule has 386 valence electrons. The highest BCUT2D eigenvalue weighted by Crippen LogP contribution is 2.81. The number of ether oxygens (including phenoxy) is 9. The minimum Gasteiger partial charge on any atom is -0.488 e. The first-order valence-corrected chi connectivity index (χ1v) is 25.4. The van der Waals surface area contributed by atoms with Gasteiger partial charge < -0.3 is 46.8 Å². The summed E-state index contributed by atoms with van der Waals surface area (Å²) < 4.78 is 70.4. The first-order valence-electron chi connectivity index (χ1n) is 23.8. The molecule has 3 aromatic carbocycles. The minimum absolute atomic E-state index is 0.312. The van der Waals surface area contributed by atoms with E-state index in [9.17, 15) is 4.79 Å². The van der Waals surface area contributed by atoms with Gasteiger partial charge in [-0.05, 0) is 187 Å². The molecule has 0 saturated carbocycles. The summed E-state index contributed by atoms with van der Waals surface area (Å²) in [7, 11) is -3.80. The summed E-state index contributed by atoms with van der Waals surface area (Å²) in [5, 5.41) is 0. The van der Waals surface area contributed by atoms with E-state index in [1.807, 2.05) is 223 Å². The lowest BCUT2D eigenvalue weighted by atomic mass is 10.1. The maximum Gasteiger partial charge on any atom is 0.313 e. The third-order valence-electron chi connectivity index (χ3n) is 7.86. The molecule has 0 radical (unpaired) electrons. The van der Waals surface area contributed by atoms with Gasteiger partial charge in [0.2, 0.25) is 0 Å². The summed E-state index contributed by atoms with van der Waals surface area (Å²) in [6.45, 7) is 54.5. The SMILES string of the molecule is CC(=O)OS(c1c(OC(C)(C)C)cc(OC(C)(C)C)cc1OC(C)(C)C)(c1c(OC(C)(C)C)cc(OC(C)(C)C)cc1OC(C)(C)C)c1c(OC(C)(C)C)cc(OC(C)(C)C)cc1OC(C)(C)C. The van der Waals surface area contributed by atoms with Gasteiger partial charge in [-0.2, -0.15) is 0 Å². The van der Waals surface area contributed by atoms with Crippen molar-refractivity contribution in [2.45, 2.75) is 259 Å². The normalized spacial score (nSPS) is 13.9. The van der Waals surface area contributed by atoms with Gasteiger partial charge in [-0.25, -0.2) is 0 Å². The molecule has 0 bridgehead atoms. The van der Waals surface area contributed by atoms with Crippen LogP contribution in [0.3, 0.4) is 0 Å². The number of hydrogen-bond acceptors (Lipinski definition) is 11. The predicted molar refractivity (Wildman–Crippen MR) is 277 cm³/mol. The quantitative estimate of drug-likeness (QED) is 0.163. The van der Waals surface area contributed by atoms with Crippen LogP contribution in [0.4, 0.5) is 0 Å². The molecule has 0 heterocycles. The van der Waals surface area contributed by atoms with Crippen molar-refractivity contribution in [3.05, 3.63) is 36.4 Å². The number of rotatable bonds is 13. The van der Waals surface area contributed by atoms with Crippen molar-refractivity contribution in [3.63, 3.8) is 0 Å². The summed E-state index contributed by atoms with van der Waals surface area (Å²) in [6.07, 6.45) is 0. The second kappa shape index (κ2) is 19.5. The third-order valence-corrected chi connectivity index (χ3v) is 11.3. The van der Waals surface area contributed by atoms with Crippen molar-refractivity contribution in [2.24, 2.45) is 0 Å². The molecular weight excluding hydrogens is 881 g/mol. The van der Waals surface area contributed by atoms with E-state index >= 15 is 0 Å². The Kier molecular flexibility index (Phi) is 16.6. The summed E-state index contributed by atoms with van der Waals surface area (Å²) in [5.41, 5.74) is -6.84. The molecule has 3 aromatic rings. The zero-order valence-corrected chi connectivity index (χ0v) is 48.2. The molecule has 11 nitrogen and oxygen atoms in total. The number of benzene rings is 3. The molecule has 0 aromatic heterocycles. The molecule has 0 saturated heterocycles. The standard InChI is InChI=1S/C56H90O11S/c1-35(57)67-68(45-39(61-51(11,12)13)29-36(58-48(2,3)4)30-40(45)62-52(14,15)16,46-41(63-53(17,18)19)31-37(59-49(5,6)7)32-42(46)64-54(20,21)22)47-43(65-55(23,24)25)33-38(60-50(8,9)10)34-44(47)66-56(26,27)28/h29-34H,1-28H3. The average molecular weight is 971 g/mol. The van der Waals surface area contributed by atoms with E-state index in [0.717, 1.165) is 0 Å². The number of carbonyl (C=O) groups excluding carboxylic acids is 1. The van der Waals surface area contributed by atoms with Gasteiger partial charge in [-0.3, -0.25) is 4.79 Å². The minimum atomic E-state index is -3.80. The molecular formula is C56H90O11S. The van der Waals surface area contributed by atoms with Crippen LogP contribution >= 0.6 is 10.3 Å². The Hall–Kier alpha value is -4.32. The van der Waals surface area contributed by atoms with Crippen LogP contribution in [0, 0.1) is 0 Å². The zero-order valence-electron chi connectivity index (χ0n) is 47.4. The van der Waals surface area contributed by atoms with Gasteiger partial charge in [0.15, 0.2) is 0 Å². The Bertz CT molecular complexity index is 1880. The molecule has 0 unspecified atom stereocenters. The topological polar surface area (TPSA) is 109 Å². The Balaban J connectivity index is 3.25. The van der Waals surface area contributed by atoms with Crippen LogP contribution in [0.5, 0.6) is 51.7 Å². The molecule has 12 heteroatoms. The zero-order chi connectivity index (χ0) is 52.8. The molecule has 0 atom stereocenters. The Morgan fingerprint density at radius 3 is 0.559 bits per heavy atom. The highest BCUT2D eigenvalue weighted by atomic mass is 32.3. The van der Waals surface area contributed by atoms with Crippen molar-refractivity contribution < 1.29 is 51.6 Å². The van der Waals surface area contributed by atoms with Crippen molar-refractivity contribution >= 4 is 16.3 Å². The fourth-order valence-corrected chi connectivity index (χ4v) is 10.3. The van der Waals surface area contributed by atoms with Gasteiger partial charge in [-0.15, -0.1) is 0 Å². The van der Waals surface area contributed by atoms with Crippen LogP contribution in [0.25, 0.3) is 0 Å². The largest absolute Gasteiger partial charge is 0.488 e. The molecule has 0 N–H and O–H groups in total. The van der Waals surface area contributed by atoms with E-state index in [0.29, 0.717) is 66.4 Å². The molecule has 0 fully saturated rings. The third kappa shape index (κ3) is 18.2. The lowest BCUT2D eigenvalue weighted by Gasteiger charge is -2.46. The first kappa shape index (κ1) is 58.0. The lowest BCUT2D eigenvalue weighted by Crippen LogP contribution is -2.31. The second-order valence-electron chi connectivity index (χ2n) is 26.3. The van der Waals surface area contributed by atoms with Crippen LogP contribution in [0.2, 0.25) is 0 Å². The summed E-state index contributed by atoms with van der Waals surface area (Å²) >= 11 is 0. The highest BCUT2D eigenvalue weighted by molar-refractivity contribution is 8.30. The molecule has 0 aliphatic heterocycles. The molecule has 68 heavy (non-hydrogen) atoms. The highest BCUT2D eigenvalue weighted by Gasteiger charge is 2.52. The fraction of sp³-hybridized carbons (Fsp3) is 0.661. The number of carbonyl (C=O) groups is 1. The number of hydrogen-bond donors (Lipinski definition) is 0. The second-order valence-corrected chi connectivity index (χ2v) is 28.8. The molecule has 3 rings (SSSR count). The molecule has 0 spiro atoms. The van der Waals surface area contributed by atoms with E-state index in [1.165, 1.54) is 6.92 Å². The Labute approximate surface area is 413 Å². The van der Waals surface area contributed by atoms with Gasteiger partial charge in [0.1, 0.15) is 117 Å². The maximum atomic E-state index is 14.8. The van der Waals surface area contributed by atoms with Crippen LogP contribution in [0.1, 0.15) is 194 Å². The summed E-state index contributed by atoms with van der Waals surface area (Å²) in [4.78, 5) is 15.9. The van der Waals surface area contributed by atoms with Crippen molar-refractivity contribution in [1.29, 1.82) is 0 Å². The van der Waals surface area contributed by atoms with Crippen LogP contribution in [0.15, 0.2) is 51.1 Å². The Morgan fingerprint density at radius 2 is 0.441 bits per heavy atom.